The fourth-order valence-electron chi connectivity index (χ4n) is 2.76. The van der Waals surface area contributed by atoms with Crippen LogP contribution in [-0.4, -0.2) is 9.49 Å². The average Bonchev–Trinajstić information content (AvgIpc) is 2.26. The summed E-state index contributed by atoms with van der Waals surface area (Å²) in [7, 11) is -2.38. The van der Waals surface area contributed by atoms with Gasteiger partial charge >= 0.3 is 0 Å². The molecule has 1 aromatic rings. The largest absolute Gasteiger partial charge is 0.184 e. The van der Waals surface area contributed by atoms with Crippen molar-refractivity contribution in [1.29, 1.82) is 0 Å². The minimum atomic E-state index is -2.38. The van der Waals surface area contributed by atoms with Crippen molar-refractivity contribution in [3.63, 3.8) is 0 Å². The van der Waals surface area contributed by atoms with Crippen LogP contribution in [0, 0.1) is 0 Å². The summed E-state index contributed by atoms with van der Waals surface area (Å²) in [5.41, 5.74) is 1.30. The van der Waals surface area contributed by atoms with Gasteiger partial charge in [-0.1, -0.05) is 35.9 Å². The van der Waals surface area contributed by atoms with E-state index in [1.165, 1.54) is 5.56 Å². The van der Waals surface area contributed by atoms with E-state index in [-0.39, 0.29) is 9.49 Å². The minimum absolute atomic E-state index is 0.350. The van der Waals surface area contributed by atoms with Gasteiger partial charge in [0.2, 0.25) is 0 Å². The Kier molecular flexibility index (Phi) is 4.77. The van der Waals surface area contributed by atoms with Crippen LogP contribution in [0.1, 0.15) is 60.5 Å². The number of rotatable bonds is 3. The van der Waals surface area contributed by atoms with Crippen molar-refractivity contribution in [3.8, 4) is 0 Å². The summed E-state index contributed by atoms with van der Waals surface area (Å²) in [5, 5.41) is 0. The second kappa shape index (κ2) is 5.47. The third-order valence-corrected chi connectivity index (χ3v) is 7.77. The Morgan fingerprint density at radius 1 is 0.895 bits per heavy atom. The van der Waals surface area contributed by atoms with Crippen molar-refractivity contribution in [2.75, 3.05) is 0 Å². The maximum atomic E-state index is 15.9. The van der Waals surface area contributed by atoms with Gasteiger partial charge in [0.15, 0.2) is 0 Å². The van der Waals surface area contributed by atoms with Crippen molar-refractivity contribution < 1.29 is 3.89 Å². The van der Waals surface area contributed by atoms with Crippen LogP contribution in [0.3, 0.4) is 0 Å². The normalized spacial score (nSPS) is 14.5. The van der Waals surface area contributed by atoms with Gasteiger partial charge in [0, 0.05) is 14.4 Å². The minimum Gasteiger partial charge on any atom is -0.184 e. The first-order valence-electron chi connectivity index (χ1n) is 7.15. The quantitative estimate of drug-likeness (QED) is 0.612. The Bertz CT molecular complexity index is 392. The first-order chi connectivity index (χ1) is 8.54. The van der Waals surface area contributed by atoms with Gasteiger partial charge in [-0.3, -0.25) is 0 Å². The third kappa shape index (κ3) is 3.16. The summed E-state index contributed by atoms with van der Waals surface area (Å²) in [5.74, 6) is 0. The van der Waals surface area contributed by atoms with E-state index in [2.05, 4.69) is 19.1 Å². The Morgan fingerprint density at radius 2 is 1.32 bits per heavy atom. The lowest BCUT2D eigenvalue weighted by Crippen LogP contribution is -2.35. The van der Waals surface area contributed by atoms with E-state index < -0.39 is 10.4 Å². The van der Waals surface area contributed by atoms with Gasteiger partial charge in [0.1, 0.15) is 0 Å². The second-order valence-electron chi connectivity index (χ2n) is 7.16. The summed E-state index contributed by atoms with van der Waals surface area (Å²) >= 11 is 0. The van der Waals surface area contributed by atoms with Crippen LogP contribution < -0.4 is 0 Å². The van der Waals surface area contributed by atoms with Crippen molar-refractivity contribution in [1.82, 2.24) is 0 Å². The molecule has 1 rings (SSSR count). The molecule has 0 unspecified atom stereocenters. The molecule has 1 aromatic carbocycles. The van der Waals surface area contributed by atoms with Crippen LogP contribution in [0.15, 0.2) is 29.2 Å². The molecule has 0 aliphatic heterocycles. The van der Waals surface area contributed by atoms with Crippen LogP contribution in [0.4, 0.5) is 3.89 Å². The molecule has 0 spiro atoms. The molecular formula is C17H29FS. The third-order valence-electron chi connectivity index (χ3n) is 3.47. The fraction of sp³-hybridized carbons (Fsp3) is 0.647. The SMILES string of the molecule is CCCc1ccc(S(F)(C(C)(C)C)C(C)(C)C)cc1. The predicted octanol–water partition coefficient (Wildman–Crippen LogP) is 6.28. The Morgan fingerprint density at radius 3 is 1.63 bits per heavy atom. The maximum Gasteiger partial charge on any atom is 0.0224 e. The standard InChI is InChI=1S/C17H29FS/c1-8-9-14-10-12-15(13-11-14)19(18,16(2,3)4)17(5,6)7/h10-13H,8-9H2,1-7H3. The first kappa shape index (κ1) is 16.6. The van der Waals surface area contributed by atoms with E-state index in [0.717, 1.165) is 17.7 Å². The lowest BCUT2D eigenvalue weighted by atomic mass is 10.1. The van der Waals surface area contributed by atoms with Crippen molar-refractivity contribution in [2.24, 2.45) is 0 Å². The predicted molar refractivity (Wildman–Crippen MR) is 86.9 cm³/mol. The molecule has 0 fully saturated rings. The van der Waals surface area contributed by atoms with Gasteiger partial charge in [-0.25, -0.2) is 0 Å². The zero-order valence-corrected chi connectivity index (χ0v) is 14.3. The van der Waals surface area contributed by atoms with Gasteiger partial charge in [0.25, 0.3) is 0 Å². The van der Waals surface area contributed by atoms with Crippen molar-refractivity contribution in [2.45, 2.75) is 75.7 Å². The summed E-state index contributed by atoms with van der Waals surface area (Å²) in [6.07, 6.45) is 2.20. The number of aryl methyl sites for hydroxylation is 1. The van der Waals surface area contributed by atoms with Gasteiger partial charge in [-0.2, -0.15) is 3.89 Å². The van der Waals surface area contributed by atoms with Gasteiger partial charge < -0.3 is 0 Å². The van der Waals surface area contributed by atoms with E-state index in [9.17, 15) is 0 Å². The van der Waals surface area contributed by atoms with Crippen LogP contribution in [0.25, 0.3) is 0 Å². The molecule has 0 radical (unpaired) electrons. The summed E-state index contributed by atoms with van der Waals surface area (Å²) in [6, 6.07) is 8.21. The number of halogens is 1. The van der Waals surface area contributed by atoms with Gasteiger partial charge in [-0.15, -0.1) is 0 Å². The molecular weight excluding hydrogens is 255 g/mol. The maximum absolute atomic E-state index is 15.9. The van der Waals surface area contributed by atoms with Crippen LogP contribution >= 0.6 is 10.4 Å². The van der Waals surface area contributed by atoms with E-state index in [1.807, 2.05) is 53.7 Å². The highest BCUT2D eigenvalue weighted by atomic mass is 32.3. The highest BCUT2D eigenvalue weighted by Gasteiger charge is 2.47. The van der Waals surface area contributed by atoms with E-state index >= 15 is 3.89 Å². The highest BCUT2D eigenvalue weighted by Crippen LogP contribution is 2.73. The number of benzene rings is 1. The smallest absolute Gasteiger partial charge is 0.0224 e. The van der Waals surface area contributed by atoms with Crippen molar-refractivity contribution in [3.05, 3.63) is 29.8 Å². The average molecular weight is 284 g/mol. The lowest BCUT2D eigenvalue weighted by molar-refractivity contribution is 0.640. The Hall–Kier alpha value is -0.500. The molecule has 0 bridgehead atoms. The van der Waals surface area contributed by atoms with Crippen LogP contribution in [0.5, 0.6) is 0 Å². The lowest BCUT2D eigenvalue weighted by Gasteiger charge is -2.52. The topological polar surface area (TPSA) is 0 Å². The molecule has 0 atom stereocenters. The summed E-state index contributed by atoms with van der Waals surface area (Å²) < 4.78 is 15.2. The summed E-state index contributed by atoms with van der Waals surface area (Å²) in [6.45, 7) is 14.3. The molecule has 0 nitrogen and oxygen atoms in total. The molecule has 19 heavy (non-hydrogen) atoms. The Balaban J connectivity index is 3.28. The molecule has 0 aliphatic rings. The molecule has 0 N–H and O–H groups in total. The second-order valence-corrected chi connectivity index (χ2v) is 11.2. The number of hydrogen-bond donors (Lipinski definition) is 0. The van der Waals surface area contributed by atoms with E-state index in [0.29, 0.717) is 0 Å². The van der Waals surface area contributed by atoms with Crippen molar-refractivity contribution >= 4 is 10.4 Å². The summed E-state index contributed by atoms with van der Waals surface area (Å²) in [4.78, 5) is 0.882. The molecule has 0 saturated heterocycles. The number of hydrogen-bond acceptors (Lipinski definition) is 0. The zero-order valence-electron chi connectivity index (χ0n) is 13.5. The van der Waals surface area contributed by atoms with Gasteiger partial charge in [0.05, 0.1) is 0 Å². The van der Waals surface area contributed by atoms with Gasteiger partial charge in [-0.05, 0) is 65.7 Å². The van der Waals surface area contributed by atoms with Crippen LogP contribution in [0.2, 0.25) is 0 Å². The molecule has 0 saturated carbocycles. The molecule has 0 heterocycles. The van der Waals surface area contributed by atoms with E-state index in [4.69, 9.17) is 0 Å². The monoisotopic (exact) mass is 284 g/mol. The van der Waals surface area contributed by atoms with Crippen LogP contribution in [-0.2, 0) is 6.42 Å². The van der Waals surface area contributed by atoms with E-state index in [1.54, 1.807) is 0 Å². The molecule has 0 amide bonds. The first-order valence-corrected chi connectivity index (χ1v) is 8.68. The molecule has 2 heteroatoms. The molecule has 110 valence electrons. The molecule has 0 aliphatic carbocycles. The highest BCUT2D eigenvalue weighted by molar-refractivity contribution is 8.31. The fourth-order valence-corrected chi connectivity index (χ4v) is 6.52. The molecule has 0 aromatic heterocycles. The Labute approximate surface area is 120 Å². The zero-order chi connectivity index (χ0) is 14.9.